The van der Waals surface area contributed by atoms with Crippen LogP contribution in [0.15, 0.2) is 41.3 Å². The van der Waals surface area contributed by atoms with Gasteiger partial charge in [0, 0.05) is 10.7 Å². The molecule has 5 nitrogen and oxygen atoms in total. The predicted molar refractivity (Wildman–Crippen MR) is 79.6 cm³/mol. The summed E-state index contributed by atoms with van der Waals surface area (Å²) < 4.78 is 45.5. The normalized spacial score (nSPS) is 11.2. The fraction of sp³-hybridized carbons (Fsp3) is 0.0769. The van der Waals surface area contributed by atoms with E-state index in [4.69, 9.17) is 22.1 Å². The molecule has 8 heteroatoms. The van der Waals surface area contributed by atoms with Gasteiger partial charge in [0.15, 0.2) is 0 Å². The smallest absolute Gasteiger partial charge is 0.265 e. The van der Waals surface area contributed by atoms with Crippen LogP contribution in [0, 0.1) is 5.82 Å². The zero-order valence-electron chi connectivity index (χ0n) is 10.9. The van der Waals surface area contributed by atoms with Crippen molar-refractivity contribution in [2.45, 2.75) is 4.90 Å². The highest BCUT2D eigenvalue weighted by Gasteiger charge is 2.21. The molecule has 0 amide bonds. The largest absolute Gasteiger partial charge is 0.495 e. The average Bonchev–Trinajstić information content (AvgIpc) is 2.41. The first-order valence-corrected chi connectivity index (χ1v) is 7.61. The Kier molecular flexibility index (Phi) is 4.24. The summed E-state index contributed by atoms with van der Waals surface area (Å²) in [6.45, 7) is 0. The molecule has 0 saturated heterocycles. The second kappa shape index (κ2) is 5.79. The van der Waals surface area contributed by atoms with E-state index in [1.165, 1.54) is 25.3 Å². The Balaban J connectivity index is 2.47. The number of hydrogen-bond acceptors (Lipinski definition) is 4. The first kappa shape index (κ1) is 15.4. The van der Waals surface area contributed by atoms with Crippen molar-refractivity contribution >= 4 is 33.0 Å². The molecule has 0 spiro atoms. The van der Waals surface area contributed by atoms with Crippen LogP contribution >= 0.6 is 11.6 Å². The topological polar surface area (TPSA) is 81.4 Å². The molecule has 21 heavy (non-hydrogen) atoms. The number of nitrogens with one attached hydrogen (secondary N) is 1. The van der Waals surface area contributed by atoms with Gasteiger partial charge in [0.2, 0.25) is 0 Å². The van der Waals surface area contributed by atoms with Crippen molar-refractivity contribution in [3.63, 3.8) is 0 Å². The average molecular weight is 331 g/mol. The highest BCUT2D eigenvalue weighted by molar-refractivity contribution is 7.92. The third-order valence-electron chi connectivity index (χ3n) is 2.65. The van der Waals surface area contributed by atoms with Crippen molar-refractivity contribution in [2.75, 3.05) is 17.6 Å². The molecule has 2 rings (SSSR count). The first-order chi connectivity index (χ1) is 9.83. The molecule has 0 saturated carbocycles. The fourth-order valence-corrected chi connectivity index (χ4v) is 3.03. The molecule has 2 aromatic carbocycles. The Labute approximate surface area is 126 Å². The highest BCUT2D eigenvalue weighted by Crippen LogP contribution is 2.30. The van der Waals surface area contributed by atoms with Gasteiger partial charge < -0.3 is 10.5 Å². The summed E-state index contributed by atoms with van der Waals surface area (Å²) in [6.07, 6.45) is 0. The van der Waals surface area contributed by atoms with Crippen LogP contribution in [0.25, 0.3) is 0 Å². The van der Waals surface area contributed by atoms with E-state index in [-0.39, 0.29) is 17.1 Å². The van der Waals surface area contributed by atoms with Gasteiger partial charge in [0.25, 0.3) is 10.0 Å². The summed E-state index contributed by atoms with van der Waals surface area (Å²) in [5, 5.41) is 0.307. The number of hydrogen-bond donors (Lipinski definition) is 2. The van der Waals surface area contributed by atoms with Crippen LogP contribution in [0.4, 0.5) is 15.8 Å². The summed E-state index contributed by atoms with van der Waals surface area (Å²) in [5.41, 5.74) is 5.73. The monoisotopic (exact) mass is 330 g/mol. The quantitative estimate of drug-likeness (QED) is 0.845. The molecule has 0 aliphatic heterocycles. The number of rotatable bonds is 4. The second-order valence-corrected chi connectivity index (χ2v) is 6.23. The summed E-state index contributed by atoms with van der Waals surface area (Å²) in [7, 11) is -2.78. The van der Waals surface area contributed by atoms with E-state index in [9.17, 15) is 12.8 Å². The van der Waals surface area contributed by atoms with E-state index in [1.807, 2.05) is 0 Å². The van der Waals surface area contributed by atoms with E-state index < -0.39 is 20.7 Å². The van der Waals surface area contributed by atoms with E-state index in [0.717, 1.165) is 12.1 Å². The maximum absolute atomic E-state index is 13.7. The van der Waals surface area contributed by atoms with Crippen LogP contribution in [-0.2, 0) is 10.0 Å². The molecule has 0 atom stereocenters. The number of methoxy groups -OCH3 is 1. The lowest BCUT2D eigenvalue weighted by molar-refractivity contribution is 0.417. The number of halogens is 2. The Hall–Kier alpha value is -1.99. The third-order valence-corrected chi connectivity index (χ3v) is 4.27. The molecule has 112 valence electrons. The van der Waals surface area contributed by atoms with Crippen molar-refractivity contribution in [1.82, 2.24) is 0 Å². The summed E-state index contributed by atoms with van der Waals surface area (Å²) in [6, 6.07) is 7.69. The first-order valence-electron chi connectivity index (χ1n) is 5.75. The molecule has 0 aromatic heterocycles. The van der Waals surface area contributed by atoms with Crippen molar-refractivity contribution in [3.8, 4) is 5.75 Å². The number of sulfonamides is 1. The minimum Gasteiger partial charge on any atom is -0.495 e. The van der Waals surface area contributed by atoms with Crippen molar-refractivity contribution < 1.29 is 17.5 Å². The predicted octanol–water partition coefficient (Wildman–Crippen LogP) is 2.87. The van der Waals surface area contributed by atoms with Gasteiger partial charge in [-0.05, 0) is 36.4 Å². The molecular formula is C13H12ClFN2O3S. The van der Waals surface area contributed by atoms with Gasteiger partial charge in [-0.1, -0.05) is 11.6 Å². The van der Waals surface area contributed by atoms with E-state index in [1.54, 1.807) is 6.07 Å². The van der Waals surface area contributed by atoms with Crippen LogP contribution in [0.3, 0.4) is 0 Å². The lowest BCUT2D eigenvalue weighted by atomic mass is 10.3. The van der Waals surface area contributed by atoms with Crippen molar-refractivity contribution in [1.29, 1.82) is 0 Å². The van der Waals surface area contributed by atoms with Gasteiger partial charge >= 0.3 is 0 Å². The summed E-state index contributed by atoms with van der Waals surface area (Å²) >= 11 is 5.82. The zero-order chi connectivity index (χ0) is 15.6. The number of ether oxygens (including phenoxy) is 1. The minimum atomic E-state index is -4.16. The lowest BCUT2D eigenvalue weighted by Gasteiger charge is -2.13. The maximum Gasteiger partial charge on any atom is 0.265 e. The van der Waals surface area contributed by atoms with Crippen LogP contribution in [0.2, 0.25) is 5.02 Å². The molecule has 0 bridgehead atoms. The summed E-state index contributed by atoms with van der Waals surface area (Å²) in [5.74, 6) is -0.648. The standard InChI is InChI=1S/C13H12ClFN2O3S/c1-20-12-5-2-8(14)6-11(12)17-21(18,19)13-7-9(16)3-4-10(13)15/h2-7,17H,16H2,1H3. The number of nitrogens with two attached hydrogens (primary N) is 1. The zero-order valence-corrected chi connectivity index (χ0v) is 12.5. The molecule has 0 aliphatic rings. The lowest BCUT2D eigenvalue weighted by Crippen LogP contribution is -2.15. The van der Waals surface area contributed by atoms with Crippen LogP contribution in [-0.4, -0.2) is 15.5 Å². The second-order valence-electron chi connectivity index (χ2n) is 4.14. The van der Waals surface area contributed by atoms with Crippen LogP contribution in [0.5, 0.6) is 5.75 Å². The van der Waals surface area contributed by atoms with E-state index >= 15 is 0 Å². The SMILES string of the molecule is COc1ccc(Cl)cc1NS(=O)(=O)c1cc(N)ccc1F. The molecule has 3 N–H and O–H groups in total. The fourth-order valence-electron chi connectivity index (χ4n) is 1.69. The molecule has 0 fully saturated rings. The van der Waals surface area contributed by atoms with Gasteiger partial charge in [0.05, 0.1) is 12.8 Å². The van der Waals surface area contributed by atoms with Gasteiger partial charge in [-0.2, -0.15) is 0 Å². The van der Waals surface area contributed by atoms with Gasteiger partial charge in [-0.25, -0.2) is 12.8 Å². The number of benzene rings is 2. The molecule has 0 radical (unpaired) electrons. The highest BCUT2D eigenvalue weighted by atomic mass is 35.5. The van der Waals surface area contributed by atoms with Crippen molar-refractivity contribution in [2.24, 2.45) is 0 Å². The van der Waals surface area contributed by atoms with Crippen LogP contribution < -0.4 is 15.2 Å². The summed E-state index contributed by atoms with van der Waals surface area (Å²) in [4.78, 5) is -0.551. The Morgan fingerprint density at radius 1 is 1.24 bits per heavy atom. The van der Waals surface area contributed by atoms with Gasteiger partial charge in [-0.3, -0.25) is 4.72 Å². The maximum atomic E-state index is 13.7. The molecular weight excluding hydrogens is 319 g/mol. The minimum absolute atomic E-state index is 0.104. The molecule has 0 heterocycles. The van der Waals surface area contributed by atoms with Gasteiger partial charge in [0.1, 0.15) is 16.5 Å². The third kappa shape index (κ3) is 3.37. The number of nitrogen functional groups attached to an aromatic ring is 1. The van der Waals surface area contributed by atoms with Crippen LogP contribution in [0.1, 0.15) is 0 Å². The Bertz CT molecular complexity index is 781. The molecule has 2 aromatic rings. The number of anilines is 2. The van der Waals surface area contributed by atoms with E-state index in [0.29, 0.717) is 5.02 Å². The molecule has 0 unspecified atom stereocenters. The van der Waals surface area contributed by atoms with E-state index in [2.05, 4.69) is 4.72 Å². The van der Waals surface area contributed by atoms with Crippen molar-refractivity contribution in [3.05, 3.63) is 47.2 Å². The van der Waals surface area contributed by atoms with Gasteiger partial charge in [-0.15, -0.1) is 0 Å². The Morgan fingerprint density at radius 3 is 2.62 bits per heavy atom. The molecule has 0 aliphatic carbocycles. The Morgan fingerprint density at radius 2 is 1.95 bits per heavy atom.